The number of furan rings is 1. The van der Waals surface area contributed by atoms with Crippen LogP contribution in [0.2, 0.25) is 0 Å². The zero-order valence-corrected chi connectivity index (χ0v) is 12.6. The van der Waals surface area contributed by atoms with Gasteiger partial charge in [-0.1, -0.05) is 25.1 Å². The van der Waals surface area contributed by atoms with Crippen molar-refractivity contribution in [1.29, 1.82) is 0 Å². The first-order valence-electron chi connectivity index (χ1n) is 7.57. The maximum atomic E-state index is 6.02. The zero-order valence-electron chi connectivity index (χ0n) is 12.6. The van der Waals surface area contributed by atoms with Gasteiger partial charge in [0.15, 0.2) is 0 Å². The van der Waals surface area contributed by atoms with Crippen LogP contribution in [0.5, 0.6) is 0 Å². The highest BCUT2D eigenvalue weighted by Crippen LogP contribution is 2.30. The minimum Gasteiger partial charge on any atom is -0.459 e. The van der Waals surface area contributed by atoms with Gasteiger partial charge >= 0.3 is 0 Å². The van der Waals surface area contributed by atoms with Gasteiger partial charge in [-0.2, -0.15) is 0 Å². The Labute approximate surface area is 120 Å². The topological polar surface area (TPSA) is 28.4 Å². The average molecular weight is 272 g/mol. The molecule has 3 heteroatoms. The highest BCUT2D eigenvalue weighted by Gasteiger charge is 2.27. The molecule has 2 heterocycles. The molecule has 20 heavy (non-hydrogen) atoms. The monoisotopic (exact) mass is 272 g/mol. The first-order chi connectivity index (χ1) is 9.69. The highest BCUT2D eigenvalue weighted by molar-refractivity contribution is 5.82. The standard InChI is InChI=1S/C17H24N2O/c1-12-8-13(2)19(10-12)11-15-14-6-4-5-7-16(14)20-17(15)9-18-3/h4-7,12-13,18H,8-11H2,1-3H3. The van der Waals surface area contributed by atoms with Gasteiger partial charge < -0.3 is 9.73 Å². The molecular formula is C17H24N2O. The van der Waals surface area contributed by atoms with Gasteiger partial charge in [0.25, 0.3) is 0 Å². The van der Waals surface area contributed by atoms with Crippen LogP contribution in [0.1, 0.15) is 31.6 Å². The zero-order chi connectivity index (χ0) is 14.1. The summed E-state index contributed by atoms with van der Waals surface area (Å²) in [6.07, 6.45) is 1.30. The van der Waals surface area contributed by atoms with Gasteiger partial charge in [-0.25, -0.2) is 0 Å². The molecule has 2 aromatic rings. The number of para-hydroxylation sites is 1. The van der Waals surface area contributed by atoms with Gasteiger partial charge in [0.2, 0.25) is 0 Å². The molecule has 1 aliphatic rings. The van der Waals surface area contributed by atoms with Gasteiger partial charge in [0.05, 0.1) is 6.54 Å². The second kappa shape index (κ2) is 5.58. The van der Waals surface area contributed by atoms with Crippen molar-refractivity contribution in [1.82, 2.24) is 10.2 Å². The van der Waals surface area contributed by atoms with Crippen molar-refractivity contribution in [2.24, 2.45) is 5.92 Å². The van der Waals surface area contributed by atoms with Crippen LogP contribution in [0.15, 0.2) is 28.7 Å². The second-order valence-electron chi connectivity index (χ2n) is 6.15. The largest absolute Gasteiger partial charge is 0.459 e. The van der Waals surface area contributed by atoms with Gasteiger partial charge in [-0.3, -0.25) is 4.90 Å². The number of benzene rings is 1. The Morgan fingerprint density at radius 3 is 2.80 bits per heavy atom. The molecule has 3 rings (SSSR count). The predicted octanol–water partition coefficient (Wildman–Crippen LogP) is 3.38. The fourth-order valence-electron chi connectivity index (χ4n) is 3.44. The summed E-state index contributed by atoms with van der Waals surface area (Å²) in [4.78, 5) is 2.58. The van der Waals surface area contributed by atoms with Crippen molar-refractivity contribution >= 4 is 11.0 Å². The third-order valence-corrected chi connectivity index (χ3v) is 4.39. The fourth-order valence-corrected chi connectivity index (χ4v) is 3.44. The Morgan fingerprint density at radius 2 is 2.10 bits per heavy atom. The molecule has 0 saturated carbocycles. The molecule has 1 N–H and O–H groups in total. The number of nitrogens with one attached hydrogen (secondary N) is 1. The maximum absolute atomic E-state index is 6.02. The van der Waals surface area contributed by atoms with E-state index < -0.39 is 0 Å². The van der Waals surface area contributed by atoms with Gasteiger partial charge in [0.1, 0.15) is 11.3 Å². The van der Waals surface area contributed by atoms with E-state index in [1.54, 1.807) is 0 Å². The van der Waals surface area contributed by atoms with Gasteiger partial charge in [0, 0.05) is 30.1 Å². The summed E-state index contributed by atoms with van der Waals surface area (Å²) in [5.41, 5.74) is 2.36. The van der Waals surface area contributed by atoms with Crippen molar-refractivity contribution in [3.05, 3.63) is 35.6 Å². The van der Waals surface area contributed by atoms with E-state index in [-0.39, 0.29) is 0 Å². The molecule has 1 aromatic carbocycles. The maximum Gasteiger partial charge on any atom is 0.134 e. The molecule has 2 atom stereocenters. The second-order valence-corrected chi connectivity index (χ2v) is 6.15. The van der Waals surface area contributed by atoms with Crippen LogP contribution < -0.4 is 5.32 Å². The molecule has 3 nitrogen and oxygen atoms in total. The summed E-state index contributed by atoms with van der Waals surface area (Å²) in [5, 5.41) is 4.49. The van der Waals surface area contributed by atoms with Gasteiger partial charge in [-0.15, -0.1) is 0 Å². The lowest BCUT2D eigenvalue weighted by Gasteiger charge is -2.21. The van der Waals surface area contributed by atoms with E-state index in [2.05, 4.69) is 42.3 Å². The van der Waals surface area contributed by atoms with Crippen LogP contribution in [0.4, 0.5) is 0 Å². The van der Waals surface area contributed by atoms with Crippen LogP contribution in [0.25, 0.3) is 11.0 Å². The van der Waals surface area contributed by atoms with Crippen LogP contribution in [-0.2, 0) is 13.1 Å². The number of rotatable bonds is 4. The molecule has 1 fully saturated rings. The summed E-state index contributed by atoms with van der Waals surface area (Å²) < 4.78 is 6.02. The van der Waals surface area contributed by atoms with E-state index in [0.717, 1.165) is 30.4 Å². The van der Waals surface area contributed by atoms with Crippen molar-refractivity contribution in [2.75, 3.05) is 13.6 Å². The van der Waals surface area contributed by atoms with Crippen molar-refractivity contribution < 1.29 is 4.42 Å². The Morgan fingerprint density at radius 1 is 1.30 bits per heavy atom. The molecule has 0 bridgehead atoms. The summed E-state index contributed by atoms with van der Waals surface area (Å²) in [6.45, 7) is 7.67. The molecule has 0 radical (unpaired) electrons. The lowest BCUT2D eigenvalue weighted by molar-refractivity contribution is 0.255. The Balaban J connectivity index is 1.94. The van der Waals surface area contributed by atoms with E-state index in [4.69, 9.17) is 4.42 Å². The summed E-state index contributed by atoms with van der Waals surface area (Å²) >= 11 is 0. The summed E-state index contributed by atoms with van der Waals surface area (Å²) in [7, 11) is 1.97. The number of hydrogen-bond donors (Lipinski definition) is 1. The average Bonchev–Trinajstić information content (AvgIpc) is 2.92. The molecular weight excluding hydrogens is 248 g/mol. The minimum atomic E-state index is 0.668. The highest BCUT2D eigenvalue weighted by atomic mass is 16.3. The molecule has 0 amide bonds. The van der Waals surface area contributed by atoms with Crippen molar-refractivity contribution in [3.8, 4) is 0 Å². The Hall–Kier alpha value is -1.32. The molecule has 108 valence electrons. The van der Waals surface area contributed by atoms with E-state index in [0.29, 0.717) is 6.04 Å². The van der Waals surface area contributed by atoms with Crippen molar-refractivity contribution in [2.45, 2.75) is 39.4 Å². The van der Waals surface area contributed by atoms with E-state index >= 15 is 0 Å². The molecule has 2 unspecified atom stereocenters. The summed E-state index contributed by atoms with van der Waals surface area (Å²) in [5.74, 6) is 1.89. The fraction of sp³-hybridized carbons (Fsp3) is 0.529. The number of likely N-dealkylation sites (tertiary alicyclic amines) is 1. The summed E-state index contributed by atoms with van der Waals surface area (Å²) in [6, 6.07) is 9.05. The minimum absolute atomic E-state index is 0.668. The third kappa shape index (κ3) is 2.48. The Kier molecular flexibility index (Phi) is 3.81. The molecule has 0 aliphatic carbocycles. The van der Waals surface area contributed by atoms with Crippen LogP contribution in [0, 0.1) is 5.92 Å². The van der Waals surface area contributed by atoms with Crippen molar-refractivity contribution in [3.63, 3.8) is 0 Å². The Bertz CT molecular complexity index is 590. The normalized spacial score (nSPS) is 23.8. The third-order valence-electron chi connectivity index (χ3n) is 4.39. The van der Waals surface area contributed by atoms with Crippen LogP contribution in [0.3, 0.4) is 0 Å². The number of nitrogens with zero attached hydrogens (tertiary/aromatic N) is 1. The van der Waals surface area contributed by atoms with Gasteiger partial charge in [-0.05, 0) is 32.4 Å². The lowest BCUT2D eigenvalue weighted by atomic mass is 10.1. The molecule has 1 aliphatic heterocycles. The quantitative estimate of drug-likeness (QED) is 0.925. The first-order valence-corrected chi connectivity index (χ1v) is 7.57. The molecule has 1 saturated heterocycles. The molecule has 0 spiro atoms. The predicted molar refractivity (Wildman–Crippen MR) is 82.6 cm³/mol. The van der Waals surface area contributed by atoms with Crippen LogP contribution in [-0.4, -0.2) is 24.5 Å². The number of fused-ring (bicyclic) bond motifs is 1. The molecule has 1 aromatic heterocycles. The number of hydrogen-bond acceptors (Lipinski definition) is 3. The van der Waals surface area contributed by atoms with Crippen LogP contribution >= 0.6 is 0 Å². The van der Waals surface area contributed by atoms with E-state index in [9.17, 15) is 0 Å². The lowest BCUT2D eigenvalue weighted by Crippen LogP contribution is -2.27. The van der Waals surface area contributed by atoms with E-state index in [1.807, 2.05) is 13.1 Å². The SMILES string of the molecule is CNCc1oc2ccccc2c1CN1CC(C)CC1C. The van der Waals surface area contributed by atoms with E-state index in [1.165, 1.54) is 23.9 Å². The first kappa shape index (κ1) is 13.7. The smallest absolute Gasteiger partial charge is 0.134 e.